The van der Waals surface area contributed by atoms with Gasteiger partial charge < -0.3 is 11.1 Å². The number of nitrogens with two attached hydrogens (primary N) is 1. The lowest BCUT2D eigenvalue weighted by Crippen LogP contribution is -2.61. The number of rotatable bonds is 4. The number of carbonyl (C=O) groups is 1. The molecule has 0 aromatic carbocycles. The lowest BCUT2D eigenvalue weighted by molar-refractivity contribution is -0.134. The van der Waals surface area contributed by atoms with Crippen LogP contribution in [0.4, 0.5) is 0 Å². The molecule has 2 fully saturated rings. The van der Waals surface area contributed by atoms with Gasteiger partial charge in [0.2, 0.25) is 5.91 Å². The zero-order valence-electron chi connectivity index (χ0n) is 12.6. The maximum absolute atomic E-state index is 12.8. The topological polar surface area (TPSA) is 55.1 Å². The van der Waals surface area contributed by atoms with E-state index in [1.54, 1.807) is 0 Å². The summed E-state index contributed by atoms with van der Waals surface area (Å²) >= 11 is 0. The van der Waals surface area contributed by atoms with Crippen molar-refractivity contribution in [1.29, 1.82) is 0 Å². The Morgan fingerprint density at radius 2 is 1.84 bits per heavy atom. The summed E-state index contributed by atoms with van der Waals surface area (Å²) in [5, 5.41) is 3.40. The van der Waals surface area contributed by atoms with Crippen LogP contribution in [0.25, 0.3) is 0 Å². The van der Waals surface area contributed by atoms with Crippen molar-refractivity contribution in [2.75, 3.05) is 6.54 Å². The highest BCUT2D eigenvalue weighted by Crippen LogP contribution is 2.42. The van der Waals surface area contributed by atoms with Crippen molar-refractivity contribution < 1.29 is 4.79 Å². The van der Waals surface area contributed by atoms with E-state index in [1.165, 1.54) is 32.1 Å². The standard InChI is InChI=1S/C16H30N2O/c1-3-15(9-6-7-10-15)14(19)18-16(12-17)11-5-4-8-13(16)2/h13H,3-12,17H2,1-2H3,(H,18,19). The van der Waals surface area contributed by atoms with E-state index >= 15 is 0 Å². The van der Waals surface area contributed by atoms with Gasteiger partial charge in [-0.15, -0.1) is 0 Å². The van der Waals surface area contributed by atoms with Gasteiger partial charge in [-0.1, -0.05) is 39.5 Å². The van der Waals surface area contributed by atoms with Crippen LogP contribution in [0.3, 0.4) is 0 Å². The molecule has 0 aliphatic heterocycles. The minimum Gasteiger partial charge on any atom is -0.349 e. The molecule has 110 valence electrons. The molecule has 2 unspecified atom stereocenters. The van der Waals surface area contributed by atoms with Gasteiger partial charge in [0.25, 0.3) is 0 Å². The molecule has 3 heteroatoms. The molecule has 0 saturated heterocycles. The normalized spacial score (nSPS) is 34.2. The van der Waals surface area contributed by atoms with Gasteiger partial charge in [0, 0.05) is 12.0 Å². The van der Waals surface area contributed by atoms with Crippen molar-refractivity contribution in [1.82, 2.24) is 5.32 Å². The largest absolute Gasteiger partial charge is 0.349 e. The van der Waals surface area contributed by atoms with E-state index in [0.29, 0.717) is 12.5 Å². The Bertz CT molecular complexity index is 323. The quantitative estimate of drug-likeness (QED) is 0.822. The molecule has 3 N–H and O–H groups in total. The molecule has 2 atom stereocenters. The van der Waals surface area contributed by atoms with Crippen LogP contribution < -0.4 is 11.1 Å². The van der Waals surface area contributed by atoms with Gasteiger partial charge in [0.1, 0.15) is 0 Å². The second kappa shape index (κ2) is 5.82. The third-order valence-electron chi connectivity index (χ3n) is 5.90. The van der Waals surface area contributed by atoms with E-state index in [0.717, 1.165) is 25.7 Å². The summed E-state index contributed by atoms with van der Waals surface area (Å²) < 4.78 is 0. The average molecular weight is 266 g/mol. The van der Waals surface area contributed by atoms with Crippen LogP contribution in [-0.2, 0) is 4.79 Å². The first-order chi connectivity index (χ1) is 9.08. The van der Waals surface area contributed by atoms with Crippen LogP contribution in [0.15, 0.2) is 0 Å². The molecule has 0 aromatic heterocycles. The number of carbonyl (C=O) groups excluding carboxylic acids is 1. The summed E-state index contributed by atoms with van der Waals surface area (Å²) in [6.07, 6.45) is 10.2. The highest BCUT2D eigenvalue weighted by molar-refractivity contribution is 5.83. The first-order valence-electron chi connectivity index (χ1n) is 8.11. The zero-order valence-corrected chi connectivity index (χ0v) is 12.6. The monoisotopic (exact) mass is 266 g/mol. The van der Waals surface area contributed by atoms with Crippen molar-refractivity contribution in [2.45, 2.75) is 77.2 Å². The fourth-order valence-corrected chi connectivity index (χ4v) is 4.11. The highest BCUT2D eigenvalue weighted by atomic mass is 16.2. The maximum atomic E-state index is 12.8. The molecule has 2 aliphatic carbocycles. The van der Waals surface area contributed by atoms with Crippen LogP contribution in [0.5, 0.6) is 0 Å². The fraction of sp³-hybridized carbons (Fsp3) is 0.938. The van der Waals surface area contributed by atoms with Crippen LogP contribution in [-0.4, -0.2) is 18.0 Å². The summed E-state index contributed by atoms with van der Waals surface area (Å²) in [5.41, 5.74) is 5.81. The van der Waals surface area contributed by atoms with E-state index in [9.17, 15) is 4.79 Å². The molecule has 1 amide bonds. The van der Waals surface area contributed by atoms with Gasteiger partial charge >= 0.3 is 0 Å². The predicted molar refractivity (Wildman–Crippen MR) is 78.8 cm³/mol. The van der Waals surface area contributed by atoms with E-state index < -0.39 is 0 Å². The third kappa shape index (κ3) is 2.67. The summed E-state index contributed by atoms with van der Waals surface area (Å²) in [4.78, 5) is 12.8. The summed E-state index contributed by atoms with van der Waals surface area (Å²) in [7, 11) is 0. The molecule has 19 heavy (non-hydrogen) atoms. The first-order valence-corrected chi connectivity index (χ1v) is 8.11. The van der Waals surface area contributed by atoms with Crippen LogP contribution >= 0.6 is 0 Å². The third-order valence-corrected chi connectivity index (χ3v) is 5.90. The van der Waals surface area contributed by atoms with Gasteiger partial charge in [0.05, 0.1) is 5.54 Å². The summed E-state index contributed by atoms with van der Waals surface area (Å²) in [6, 6.07) is 0. The Balaban J connectivity index is 2.11. The predicted octanol–water partition coefficient (Wildman–Crippen LogP) is 2.98. The SMILES string of the molecule is CCC1(C(=O)NC2(CN)CCCCC2C)CCCC1. The molecular formula is C16H30N2O. The molecule has 2 rings (SSSR count). The molecule has 2 aliphatic rings. The van der Waals surface area contributed by atoms with Gasteiger partial charge in [-0.25, -0.2) is 0 Å². The lowest BCUT2D eigenvalue weighted by Gasteiger charge is -2.44. The first kappa shape index (κ1) is 14.8. The summed E-state index contributed by atoms with van der Waals surface area (Å²) in [5.74, 6) is 0.789. The number of nitrogens with one attached hydrogen (secondary N) is 1. The number of hydrogen-bond acceptors (Lipinski definition) is 2. The molecule has 2 saturated carbocycles. The van der Waals surface area contributed by atoms with Crippen LogP contribution in [0.2, 0.25) is 0 Å². The van der Waals surface area contributed by atoms with Gasteiger partial charge in [-0.2, -0.15) is 0 Å². The van der Waals surface area contributed by atoms with Crippen molar-refractivity contribution in [3.05, 3.63) is 0 Å². The fourth-order valence-electron chi connectivity index (χ4n) is 4.11. The number of hydrogen-bond donors (Lipinski definition) is 2. The Hall–Kier alpha value is -0.570. The molecule has 0 radical (unpaired) electrons. The maximum Gasteiger partial charge on any atom is 0.226 e. The average Bonchev–Trinajstić information content (AvgIpc) is 2.91. The minimum atomic E-state index is -0.139. The van der Waals surface area contributed by atoms with Crippen LogP contribution in [0, 0.1) is 11.3 Å². The number of amides is 1. The van der Waals surface area contributed by atoms with Crippen LogP contribution in [0.1, 0.15) is 71.6 Å². The van der Waals surface area contributed by atoms with E-state index in [2.05, 4.69) is 19.2 Å². The second-order valence-corrected chi connectivity index (χ2v) is 6.80. The summed E-state index contributed by atoms with van der Waals surface area (Å²) in [6.45, 7) is 4.99. The molecule has 0 spiro atoms. The van der Waals surface area contributed by atoms with Crippen molar-refractivity contribution in [3.8, 4) is 0 Å². The smallest absolute Gasteiger partial charge is 0.226 e. The van der Waals surface area contributed by atoms with Gasteiger partial charge in [0.15, 0.2) is 0 Å². The Morgan fingerprint density at radius 3 is 2.37 bits per heavy atom. The molecule has 0 heterocycles. The lowest BCUT2D eigenvalue weighted by atomic mass is 9.72. The minimum absolute atomic E-state index is 0.0979. The van der Waals surface area contributed by atoms with E-state index in [4.69, 9.17) is 5.73 Å². The van der Waals surface area contributed by atoms with Crippen molar-refractivity contribution in [2.24, 2.45) is 17.1 Å². The highest BCUT2D eigenvalue weighted by Gasteiger charge is 2.45. The van der Waals surface area contributed by atoms with Crippen molar-refractivity contribution >= 4 is 5.91 Å². The van der Waals surface area contributed by atoms with Gasteiger partial charge in [-0.05, 0) is 38.0 Å². The zero-order chi connectivity index (χ0) is 13.9. The Morgan fingerprint density at radius 1 is 1.21 bits per heavy atom. The molecule has 3 nitrogen and oxygen atoms in total. The molecule has 0 aromatic rings. The van der Waals surface area contributed by atoms with Gasteiger partial charge in [-0.3, -0.25) is 4.79 Å². The Kier molecular flexibility index (Phi) is 4.54. The Labute approximate surface area is 117 Å². The molecule has 0 bridgehead atoms. The van der Waals surface area contributed by atoms with Crippen molar-refractivity contribution in [3.63, 3.8) is 0 Å². The second-order valence-electron chi connectivity index (χ2n) is 6.80. The van der Waals surface area contributed by atoms with E-state index in [1.807, 2.05) is 0 Å². The van der Waals surface area contributed by atoms with E-state index in [-0.39, 0.29) is 16.9 Å². The molecular weight excluding hydrogens is 236 g/mol.